The Kier molecular flexibility index (Phi) is 8.63. The molecule has 11 heteroatoms. The second-order valence-corrected chi connectivity index (χ2v) is 10.2. The van der Waals surface area contributed by atoms with Gasteiger partial charge in [-0.25, -0.2) is 4.84 Å². The van der Waals surface area contributed by atoms with Crippen molar-refractivity contribution in [1.29, 1.82) is 0 Å². The van der Waals surface area contributed by atoms with E-state index in [1.54, 1.807) is 34.6 Å². The number of carbonyl (C=O) groups excluding carboxylic acids is 1. The Hall–Kier alpha value is -4.25. The van der Waals surface area contributed by atoms with Crippen LogP contribution in [0.4, 0.5) is 5.69 Å². The van der Waals surface area contributed by atoms with Gasteiger partial charge in [-0.3, -0.25) is 4.79 Å². The Balaban J connectivity index is 1.44. The molecule has 3 aromatic carbocycles. The molecule has 5 aromatic rings. The summed E-state index contributed by atoms with van der Waals surface area (Å²) in [7, 11) is 6.28. The molecule has 0 fully saturated rings. The van der Waals surface area contributed by atoms with Crippen LogP contribution in [0.5, 0.6) is 23.0 Å². The Morgan fingerprint density at radius 1 is 0.927 bits per heavy atom. The largest absolute Gasteiger partial charge is 0.495 e. The highest BCUT2D eigenvalue weighted by molar-refractivity contribution is 7.10. The number of fused-ring (bicyclic) bond motifs is 1. The number of hydrogen-bond donors (Lipinski definition) is 3. The van der Waals surface area contributed by atoms with E-state index in [9.17, 15) is 4.79 Å². The van der Waals surface area contributed by atoms with E-state index in [1.165, 1.54) is 11.5 Å². The number of ether oxygens (including phenoxy) is 4. The molecule has 2 aromatic heterocycles. The van der Waals surface area contributed by atoms with E-state index in [2.05, 4.69) is 19.5 Å². The van der Waals surface area contributed by atoms with E-state index >= 15 is 0 Å². The number of anilines is 1. The first kappa shape index (κ1) is 28.3. The van der Waals surface area contributed by atoms with E-state index < -0.39 is 6.04 Å². The number of hydrogen-bond acceptors (Lipinski definition) is 8. The highest BCUT2D eigenvalue weighted by atomic mass is 35.5. The van der Waals surface area contributed by atoms with Crippen LogP contribution in [0.25, 0.3) is 32.5 Å². The third-order valence-electron chi connectivity index (χ3n) is 6.72. The lowest BCUT2D eigenvalue weighted by Gasteiger charge is -2.17. The number of benzene rings is 3. The second-order valence-electron chi connectivity index (χ2n) is 9.13. The molecule has 41 heavy (non-hydrogen) atoms. The molecule has 0 radical (unpaired) electrons. The molecule has 212 valence electrons. The van der Waals surface area contributed by atoms with Crippen LogP contribution in [0.15, 0.2) is 66.9 Å². The number of nitrogens with zero attached hydrogens (tertiary/aromatic N) is 1. The topological polar surface area (TPSA) is 107 Å². The van der Waals surface area contributed by atoms with Gasteiger partial charge in [-0.1, -0.05) is 24.3 Å². The molecule has 2 heterocycles. The Bertz CT molecular complexity index is 1630. The Labute approximate surface area is 246 Å². The van der Waals surface area contributed by atoms with Gasteiger partial charge in [-0.15, -0.1) is 0 Å². The summed E-state index contributed by atoms with van der Waals surface area (Å²) < 4.78 is 26.6. The number of amides is 1. The molecule has 0 aliphatic carbocycles. The number of aromatic nitrogens is 2. The number of nitrogens with one attached hydrogen (secondary N) is 3. The lowest BCUT2D eigenvalue weighted by Crippen LogP contribution is -2.37. The summed E-state index contributed by atoms with van der Waals surface area (Å²) >= 11 is 7.37. The van der Waals surface area contributed by atoms with Gasteiger partial charge in [0.2, 0.25) is 11.7 Å². The van der Waals surface area contributed by atoms with Gasteiger partial charge >= 0.3 is 0 Å². The summed E-state index contributed by atoms with van der Waals surface area (Å²) in [6.07, 6.45) is 2.15. The van der Waals surface area contributed by atoms with Crippen molar-refractivity contribution in [3.63, 3.8) is 0 Å². The summed E-state index contributed by atoms with van der Waals surface area (Å²) in [6.45, 7) is 0. The predicted octanol–water partition coefficient (Wildman–Crippen LogP) is 6.29. The lowest BCUT2D eigenvalue weighted by molar-refractivity contribution is -0.117. The van der Waals surface area contributed by atoms with Gasteiger partial charge in [0.1, 0.15) is 11.8 Å². The fraction of sp³-hybridized carbons (Fsp3) is 0.200. The van der Waals surface area contributed by atoms with Gasteiger partial charge in [0.05, 0.1) is 39.0 Å². The molecule has 0 aliphatic rings. The molecule has 0 aliphatic heterocycles. The number of carbonyl (C=O) groups is 1. The van der Waals surface area contributed by atoms with E-state index in [0.29, 0.717) is 35.1 Å². The highest BCUT2D eigenvalue weighted by Gasteiger charge is 2.22. The summed E-state index contributed by atoms with van der Waals surface area (Å²) in [6, 6.07) is 18.6. The molecular weight excluding hydrogens is 564 g/mol. The maximum atomic E-state index is 13.3. The fourth-order valence-corrected chi connectivity index (χ4v) is 5.63. The van der Waals surface area contributed by atoms with Crippen molar-refractivity contribution in [2.45, 2.75) is 12.5 Å². The number of rotatable bonds is 11. The Morgan fingerprint density at radius 3 is 2.32 bits per heavy atom. The number of aromatic amines is 1. The van der Waals surface area contributed by atoms with Crippen LogP contribution >= 0.6 is 23.3 Å². The van der Waals surface area contributed by atoms with E-state index in [0.717, 1.165) is 38.2 Å². The molecule has 0 spiro atoms. The maximum Gasteiger partial charge on any atom is 0.243 e. The maximum absolute atomic E-state index is 13.3. The third-order valence-corrected chi connectivity index (χ3v) is 7.84. The van der Waals surface area contributed by atoms with Crippen LogP contribution in [-0.4, -0.2) is 49.7 Å². The van der Waals surface area contributed by atoms with E-state index in [1.807, 2.05) is 60.7 Å². The molecule has 5 rings (SSSR count). The van der Waals surface area contributed by atoms with E-state index in [4.69, 9.17) is 30.7 Å². The van der Waals surface area contributed by atoms with Crippen LogP contribution in [0.3, 0.4) is 0 Å². The predicted molar refractivity (Wildman–Crippen MR) is 163 cm³/mol. The van der Waals surface area contributed by atoms with Gasteiger partial charge in [-0.2, -0.15) is 4.37 Å². The minimum absolute atomic E-state index is 0.303. The molecule has 0 bridgehead atoms. The normalized spacial score (nSPS) is 11.7. The van der Waals surface area contributed by atoms with Crippen molar-refractivity contribution in [2.75, 3.05) is 33.8 Å². The van der Waals surface area contributed by atoms with E-state index in [-0.39, 0.29) is 5.91 Å². The zero-order valence-electron chi connectivity index (χ0n) is 22.9. The number of H-pyrrole nitrogens is 1. The first-order valence-corrected chi connectivity index (χ1v) is 13.8. The molecule has 0 unspecified atom stereocenters. The van der Waals surface area contributed by atoms with Gasteiger partial charge in [-0.05, 0) is 70.7 Å². The van der Waals surface area contributed by atoms with Gasteiger partial charge < -0.3 is 29.2 Å². The number of halogens is 1. The summed E-state index contributed by atoms with van der Waals surface area (Å²) in [5, 5.41) is 4.05. The molecule has 3 N–H and O–H groups in total. The zero-order chi connectivity index (χ0) is 28.9. The molecular formula is C30H29ClN4O5S. The van der Waals surface area contributed by atoms with Crippen molar-refractivity contribution in [1.82, 2.24) is 14.2 Å². The molecule has 0 saturated carbocycles. The Morgan fingerprint density at radius 2 is 1.66 bits per heavy atom. The van der Waals surface area contributed by atoms with Gasteiger partial charge in [0.15, 0.2) is 11.5 Å². The summed E-state index contributed by atoms with van der Waals surface area (Å²) in [5.74, 6) is 1.80. The minimum Gasteiger partial charge on any atom is -0.495 e. The SMILES string of the molecule is COc1ccc(-c2cnsc2-c2cc(OC)c(OC)c(OC)c2)cc1NC(=O)[C@@H](Cc1cc2ccccc2[nH]1)NCl. The van der Waals surface area contributed by atoms with Crippen LogP contribution < -0.4 is 29.1 Å². The molecule has 9 nitrogen and oxygen atoms in total. The minimum atomic E-state index is -0.698. The standard InChI is InChI=1S/C30H29ClN4O5S/c1-37-25-10-9-17(21-16-32-41-29(21)19-13-26(38-2)28(40-4)27(14-19)39-3)12-23(25)34-30(36)24(35-31)15-20-11-18-7-5-6-8-22(18)33-20/h5-14,16,24,33,35H,15H2,1-4H3,(H,34,36)/t24-/m1/s1. The van der Waals surface area contributed by atoms with Gasteiger partial charge in [0, 0.05) is 35.0 Å². The second kappa shape index (κ2) is 12.5. The number of methoxy groups -OCH3 is 4. The van der Waals surface area contributed by atoms with Gasteiger partial charge in [0.25, 0.3) is 0 Å². The third kappa shape index (κ3) is 5.81. The lowest BCUT2D eigenvalue weighted by atomic mass is 10.0. The van der Waals surface area contributed by atoms with Crippen LogP contribution in [0, 0.1) is 0 Å². The van der Waals surface area contributed by atoms with Crippen molar-refractivity contribution >= 4 is 45.8 Å². The average molecular weight is 593 g/mol. The number of para-hydroxylation sites is 1. The van der Waals surface area contributed by atoms with Crippen LogP contribution in [-0.2, 0) is 11.2 Å². The van der Waals surface area contributed by atoms with Crippen molar-refractivity contribution < 1.29 is 23.7 Å². The summed E-state index contributed by atoms with van der Waals surface area (Å²) in [5.41, 5.74) is 4.95. The molecule has 1 amide bonds. The summed E-state index contributed by atoms with van der Waals surface area (Å²) in [4.78, 5) is 20.2. The van der Waals surface area contributed by atoms with Crippen molar-refractivity contribution in [3.8, 4) is 44.6 Å². The van der Waals surface area contributed by atoms with Crippen molar-refractivity contribution in [3.05, 3.63) is 72.6 Å². The quantitative estimate of drug-likeness (QED) is 0.155. The molecule has 1 atom stereocenters. The first-order valence-electron chi connectivity index (χ1n) is 12.7. The van der Waals surface area contributed by atoms with Crippen molar-refractivity contribution in [2.24, 2.45) is 0 Å². The zero-order valence-corrected chi connectivity index (χ0v) is 24.5. The smallest absolute Gasteiger partial charge is 0.243 e. The monoisotopic (exact) mass is 592 g/mol. The van der Waals surface area contributed by atoms with Crippen LogP contribution in [0.1, 0.15) is 5.69 Å². The van der Waals surface area contributed by atoms with Crippen LogP contribution in [0.2, 0.25) is 0 Å². The first-order chi connectivity index (χ1) is 20.0. The molecule has 0 saturated heterocycles. The fourth-order valence-electron chi connectivity index (χ4n) is 4.70. The highest BCUT2D eigenvalue weighted by Crippen LogP contribution is 2.45. The average Bonchev–Trinajstić information content (AvgIpc) is 3.66.